The van der Waals surface area contributed by atoms with Crippen molar-refractivity contribution in [3.05, 3.63) is 70.8 Å². The second-order valence-corrected chi connectivity index (χ2v) is 6.27. The van der Waals surface area contributed by atoms with E-state index >= 15 is 0 Å². The summed E-state index contributed by atoms with van der Waals surface area (Å²) < 4.78 is 0. The molecule has 0 radical (unpaired) electrons. The number of fused-ring (bicyclic) bond motifs is 1. The average Bonchev–Trinajstić information content (AvgIpc) is 2.57. The molecule has 0 saturated carbocycles. The van der Waals surface area contributed by atoms with E-state index in [0.29, 0.717) is 12.8 Å². The van der Waals surface area contributed by atoms with Crippen molar-refractivity contribution in [2.24, 2.45) is 11.8 Å². The zero-order valence-electron chi connectivity index (χ0n) is 12.2. The Balaban J connectivity index is 1.98. The Morgan fingerprint density at radius 2 is 0.955 bits per heavy atom. The quantitative estimate of drug-likeness (QED) is 0.823. The van der Waals surface area contributed by atoms with E-state index in [1.165, 1.54) is 22.3 Å². The molecule has 2 aromatic carbocycles. The summed E-state index contributed by atoms with van der Waals surface area (Å²) in [6, 6.07) is 21.9. The third-order valence-electron chi connectivity index (χ3n) is 5.39. The van der Waals surface area contributed by atoms with Crippen LogP contribution in [0.1, 0.15) is 46.9 Å². The Kier molecular flexibility index (Phi) is 2.98. The minimum atomic E-state index is 0.249. The zero-order chi connectivity index (χ0) is 15.1. The largest absolute Gasteiger partial charge is 0.198 e. The predicted octanol–water partition coefficient (Wildman–Crippen LogP) is 4.34. The molecular weight excluding hydrogens is 268 g/mol. The molecule has 3 aliphatic carbocycles. The van der Waals surface area contributed by atoms with E-state index in [-0.39, 0.29) is 23.7 Å². The van der Waals surface area contributed by atoms with E-state index < -0.39 is 0 Å². The first kappa shape index (κ1) is 13.1. The summed E-state index contributed by atoms with van der Waals surface area (Å²) in [5.41, 5.74) is 5.45. The van der Waals surface area contributed by atoms with Crippen LogP contribution in [0.15, 0.2) is 48.5 Å². The molecule has 2 aromatic rings. The topological polar surface area (TPSA) is 47.6 Å². The molecular formula is C20H16N2. The van der Waals surface area contributed by atoms with Gasteiger partial charge in [-0.2, -0.15) is 10.5 Å². The van der Waals surface area contributed by atoms with Crippen LogP contribution in [0.3, 0.4) is 0 Å². The highest BCUT2D eigenvalue weighted by Crippen LogP contribution is 2.59. The molecule has 0 amide bonds. The molecule has 22 heavy (non-hydrogen) atoms. The summed E-state index contributed by atoms with van der Waals surface area (Å²) in [5.74, 6) is 1.02. The molecule has 0 aromatic heterocycles. The average molecular weight is 284 g/mol. The molecule has 0 spiro atoms. The van der Waals surface area contributed by atoms with Gasteiger partial charge < -0.3 is 0 Å². The number of hydrogen-bond acceptors (Lipinski definition) is 2. The molecule has 0 aliphatic heterocycles. The van der Waals surface area contributed by atoms with Crippen LogP contribution >= 0.6 is 0 Å². The van der Waals surface area contributed by atoms with Gasteiger partial charge in [0, 0.05) is 24.7 Å². The lowest BCUT2D eigenvalue weighted by Crippen LogP contribution is -2.39. The number of benzene rings is 2. The smallest absolute Gasteiger partial charge is 0.0625 e. The fourth-order valence-electron chi connectivity index (χ4n) is 4.66. The molecule has 0 N–H and O–H groups in total. The third kappa shape index (κ3) is 1.65. The standard InChI is InChI=1S/C20H16N2/c21-11-9-17-18(10-12-22)20-14-6-2-1-5-13(14)19(17)15-7-3-4-8-16(15)20/h1-8,17-20H,9-10H2/t17-,18+,19?,20?. The Morgan fingerprint density at radius 3 is 1.23 bits per heavy atom. The van der Waals surface area contributed by atoms with Gasteiger partial charge in [0.15, 0.2) is 0 Å². The van der Waals surface area contributed by atoms with Gasteiger partial charge in [0.05, 0.1) is 12.1 Å². The van der Waals surface area contributed by atoms with Crippen molar-refractivity contribution in [3.8, 4) is 12.1 Å². The maximum Gasteiger partial charge on any atom is 0.0625 e. The summed E-state index contributed by atoms with van der Waals surface area (Å²) in [6.45, 7) is 0. The van der Waals surface area contributed by atoms with Gasteiger partial charge in [-0.1, -0.05) is 48.5 Å². The zero-order valence-corrected chi connectivity index (χ0v) is 12.2. The number of nitrogens with zero attached hydrogens (tertiary/aromatic N) is 2. The van der Waals surface area contributed by atoms with E-state index in [2.05, 4.69) is 60.7 Å². The molecule has 2 nitrogen and oxygen atoms in total. The lowest BCUT2D eigenvalue weighted by Gasteiger charge is -2.49. The molecule has 5 rings (SSSR count). The first-order chi connectivity index (χ1) is 10.9. The van der Waals surface area contributed by atoms with Crippen molar-refractivity contribution >= 4 is 0 Å². The van der Waals surface area contributed by atoms with Crippen molar-refractivity contribution in [1.82, 2.24) is 0 Å². The highest BCUT2D eigenvalue weighted by atomic mass is 14.5. The molecule has 0 heterocycles. The fraction of sp³-hybridized carbons (Fsp3) is 0.300. The van der Waals surface area contributed by atoms with Crippen molar-refractivity contribution in [3.63, 3.8) is 0 Å². The number of hydrogen-bond donors (Lipinski definition) is 0. The van der Waals surface area contributed by atoms with E-state index in [9.17, 15) is 10.5 Å². The Hall–Kier alpha value is -2.58. The Morgan fingerprint density at radius 1 is 0.636 bits per heavy atom. The van der Waals surface area contributed by atoms with Crippen LogP contribution in [-0.4, -0.2) is 0 Å². The van der Waals surface area contributed by atoms with Gasteiger partial charge >= 0.3 is 0 Å². The van der Waals surface area contributed by atoms with Crippen LogP contribution in [0, 0.1) is 34.5 Å². The van der Waals surface area contributed by atoms with Gasteiger partial charge in [-0.25, -0.2) is 0 Å². The molecule has 0 unspecified atom stereocenters. The van der Waals surface area contributed by atoms with Gasteiger partial charge in [-0.15, -0.1) is 0 Å². The Labute approximate surface area is 130 Å². The number of rotatable bonds is 2. The summed E-state index contributed by atoms with van der Waals surface area (Å²) in [5, 5.41) is 18.6. The normalized spacial score (nSPS) is 27.4. The Bertz CT molecular complexity index is 693. The van der Waals surface area contributed by atoms with Crippen LogP contribution in [0.2, 0.25) is 0 Å². The monoisotopic (exact) mass is 284 g/mol. The van der Waals surface area contributed by atoms with E-state index in [4.69, 9.17) is 0 Å². The predicted molar refractivity (Wildman–Crippen MR) is 84.0 cm³/mol. The maximum atomic E-state index is 9.30. The molecule has 0 fully saturated rings. The van der Waals surface area contributed by atoms with Gasteiger partial charge in [0.2, 0.25) is 0 Å². The van der Waals surface area contributed by atoms with Crippen molar-refractivity contribution in [2.45, 2.75) is 24.7 Å². The second kappa shape index (κ2) is 5.00. The third-order valence-corrected chi connectivity index (χ3v) is 5.39. The van der Waals surface area contributed by atoms with E-state index in [1.54, 1.807) is 0 Å². The maximum absolute atomic E-state index is 9.30. The molecule has 2 atom stereocenters. The first-order valence-corrected chi connectivity index (χ1v) is 7.78. The van der Waals surface area contributed by atoms with Gasteiger partial charge in [-0.05, 0) is 34.1 Å². The summed E-state index contributed by atoms with van der Waals surface area (Å²) >= 11 is 0. The molecule has 2 heteroatoms. The highest BCUT2D eigenvalue weighted by molar-refractivity contribution is 5.56. The van der Waals surface area contributed by atoms with Gasteiger partial charge in [-0.3, -0.25) is 0 Å². The van der Waals surface area contributed by atoms with Crippen LogP contribution in [0.4, 0.5) is 0 Å². The summed E-state index contributed by atoms with van der Waals surface area (Å²) in [4.78, 5) is 0. The SMILES string of the molecule is N#CC[C@@H]1C2c3ccccc3C(c3ccccc32)[C@@H]1CC#N. The molecule has 106 valence electrons. The van der Waals surface area contributed by atoms with Crippen LogP contribution in [0.5, 0.6) is 0 Å². The van der Waals surface area contributed by atoms with E-state index in [1.807, 2.05) is 0 Å². The minimum Gasteiger partial charge on any atom is -0.198 e. The number of nitriles is 2. The molecule has 0 saturated heterocycles. The van der Waals surface area contributed by atoms with Crippen LogP contribution < -0.4 is 0 Å². The minimum absolute atomic E-state index is 0.249. The second-order valence-electron chi connectivity index (χ2n) is 6.27. The van der Waals surface area contributed by atoms with Crippen LogP contribution in [-0.2, 0) is 0 Å². The van der Waals surface area contributed by atoms with Crippen molar-refractivity contribution < 1.29 is 0 Å². The van der Waals surface area contributed by atoms with E-state index in [0.717, 1.165) is 0 Å². The van der Waals surface area contributed by atoms with Crippen LogP contribution in [0.25, 0.3) is 0 Å². The fourth-order valence-corrected chi connectivity index (χ4v) is 4.66. The highest BCUT2D eigenvalue weighted by Gasteiger charge is 2.48. The molecule has 2 bridgehead atoms. The van der Waals surface area contributed by atoms with Crippen molar-refractivity contribution in [2.75, 3.05) is 0 Å². The summed E-state index contributed by atoms with van der Waals surface area (Å²) in [6.07, 6.45) is 1.05. The first-order valence-electron chi connectivity index (χ1n) is 7.78. The molecule has 3 aliphatic rings. The lowest BCUT2D eigenvalue weighted by atomic mass is 9.53. The van der Waals surface area contributed by atoms with Gasteiger partial charge in [0.1, 0.15) is 0 Å². The summed E-state index contributed by atoms with van der Waals surface area (Å²) in [7, 11) is 0. The lowest BCUT2D eigenvalue weighted by molar-refractivity contribution is 0.237. The van der Waals surface area contributed by atoms with Gasteiger partial charge in [0.25, 0.3) is 0 Å². The van der Waals surface area contributed by atoms with Crippen molar-refractivity contribution in [1.29, 1.82) is 10.5 Å².